The van der Waals surface area contributed by atoms with Gasteiger partial charge >= 0.3 is 6.03 Å². The Labute approximate surface area is 157 Å². The number of nitrogens with zero attached hydrogens (tertiary/aromatic N) is 5. The van der Waals surface area contributed by atoms with Gasteiger partial charge in [0.15, 0.2) is 5.82 Å². The van der Waals surface area contributed by atoms with Gasteiger partial charge in [0.25, 0.3) is 0 Å². The van der Waals surface area contributed by atoms with E-state index in [0.717, 1.165) is 22.6 Å². The Morgan fingerprint density at radius 3 is 2.74 bits per heavy atom. The highest BCUT2D eigenvalue weighted by Gasteiger charge is 2.19. The maximum atomic E-state index is 12.6. The van der Waals surface area contributed by atoms with Gasteiger partial charge in [0.05, 0.1) is 18.3 Å². The normalized spacial score (nSPS) is 12.0. The molecule has 3 aromatic rings. The molecule has 1 atom stereocenters. The molecule has 0 aliphatic rings. The van der Waals surface area contributed by atoms with Gasteiger partial charge in [-0.3, -0.25) is 4.68 Å². The molecule has 0 aliphatic carbocycles. The van der Waals surface area contributed by atoms with Crippen LogP contribution < -0.4 is 10.6 Å². The van der Waals surface area contributed by atoms with Gasteiger partial charge in [0.1, 0.15) is 6.33 Å². The van der Waals surface area contributed by atoms with E-state index in [4.69, 9.17) is 4.74 Å². The number of anilines is 1. The van der Waals surface area contributed by atoms with Crippen molar-refractivity contribution < 1.29 is 9.53 Å². The zero-order valence-electron chi connectivity index (χ0n) is 15.8. The largest absolute Gasteiger partial charge is 0.382 e. The van der Waals surface area contributed by atoms with Crippen molar-refractivity contribution in [2.75, 3.05) is 19.0 Å². The highest BCUT2D eigenvalue weighted by atomic mass is 16.5. The molecule has 0 bridgehead atoms. The standard InChI is InChI=1S/C18H23N7O2/c1-12-13(17-23-19-11-24(17)2)6-5-7-14(12)21-18(26)22-15(10-27-4)16-8-9-20-25(16)3/h5-9,11,15H,10H2,1-4H3,(H2,21,22,26)/t15-/m1/s1. The molecule has 9 nitrogen and oxygen atoms in total. The highest BCUT2D eigenvalue weighted by Crippen LogP contribution is 2.26. The second kappa shape index (κ2) is 8.00. The summed E-state index contributed by atoms with van der Waals surface area (Å²) in [7, 11) is 5.30. The van der Waals surface area contributed by atoms with Crippen molar-refractivity contribution in [3.05, 3.63) is 48.0 Å². The van der Waals surface area contributed by atoms with Crippen LogP contribution in [-0.2, 0) is 18.8 Å². The van der Waals surface area contributed by atoms with E-state index >= 15 is 0 Å². The van der Waals surface area contributed by atoms with Crippen LogP contribution in [0, 0.1) is 6.92 Å². The zero-order chi connectivity index (χ0) is 19.4. The van der Waals surface area contributed by atoms with Crippen LogP contribution in [-0.4, -0.2) is 44.3 Å². The molecule has 0 spiro atoms. The van der Waals surface area contributed by atoms with Crippen LogP contribution in [0.2, 0.25) is 0 Å². The van der Waals surface area contributed by atoms with E-state index < -0.39 is 0 Å². The third-order valence-corrected chi connectivity index (χ3v) is 4.39. The number of methoxy groups -OCH3 is 1. The van der Waals surface area contributed by atoms with Crippen molar-refractivity contribution in [1.29, 1.82) is 0 Å². The van der Waals surface area contributed by atoms with Gasteiger partial charge in [-0.2, -0.15) is 5.10 Å². The minimum Gasteiger partial charge on any atom is -0.382 e. The first-order valence-corrected chi connectivity index (χ1v) is 8.49. The van der Waals surface area contributed by atoms with Gasteiger partial charge in [-0.15, -0.1) is 10.2 Å². The average Bonchev–Trinajstić information content (AvgIpc) is 3.25. The fourth-order valence-electron chi connectivity index (χ4n) is 2.95. The predicted molar refractivity (Wildman–Crippen MR) is 101 cm³/mol. The summed E-state index contributed by atoms with van der Waals surface area (Å²) in [5, 5.41) is 18.0. The van der Waals surface area contributed by atoms with E-state index in [2.05, 4.69) is 25.9 Å². The van der Waals surface area contributed by atoms with Crippen LogP contribution in [0.15, 0.2) is 36.8 Å². The summed E-state index contributed by atoms with van der Waals surface area (Å²) in [5.41, 5.74) is 3.38. The lowest BCUT2D eigenvalue weighted by molar-refractivity contribution is 0.165. The highest BCUT2D eigenvalue weighted by molar-refractivity contribution is 5.91. The molecule has 2 amide bonds. The van der Waals surface area contributed by atoms with Gasteiger partial charge in [0.2, 0.25) is 0 Å². The minimum absolute atomic E-state index is 0.315. The van der Waals surface area contributed by atoms with Gasteiger partial charge in [0, 0.05) is 38.7 Å². The zero-order valence-corrected chi connectivity index (χ0v) is 15.8. The lowest BCUT2D eigenvalue weighted by atomic mass is 10.1. The Morgan fingerprint density at radius 2 is 2.11 bits per heavy atom. The third-order valence-electron chi connectivity index (χ3n) is 4.39. The minimum atomic E-state index is -0.323. The monoisotopic (exact) mass is 369 g/mol. The summed E-state index contributed by atoms with van der Waals surface area (Å²) in [6, 6.07) is 6.89. The molecule has 0 saturated carbocycles. The topological polar surface area (TPSA) is 98.9 Å². The summed E-state index contributed by atoms with van der Waals surface area (Å²) in [4.78, 5) is 12.6. The van der Waals surface area contributed by atoms with Crippen molar-refractivity contribution in [2.24, 2.45) is 14.1 Å². The molecule has 0 saturated heterocycles. The number of ether oxygens (including phenoxy) is 1. The number of carbonyl (C=O) groups excluding carboxylic acids is 1. The molecule has 1 aromatic carbocycles. The van der Waals surface area contributed by atoms with E-state index in [9.17, 15) is 4.79 Å². The number of hydrogen-bond donors (Lipinski definition) is 2. The van der Waals surface area contributed by atoms with E-state index in [0.29, 0.717) is 12.3 Å². The maximum absolute atomic E-state index is 12.6. The first-order valence-electron chi connectivity index (χ1n) is 8.49. The Kier molecular flexibility index (Phi) is 5.51. The molecule has 0 fully saturated rings. The van der Waals surface area contributed by atoms with Crippen LogP contribution in [0.1, 0.15) is 17.3 Å². The van der Waals surface area contributed by atoms with E-state index in [1.165, 1.54) is 0 Å². The molecular weight excluding hydrogens is 346 g/mol. The number of aromatic nitrogens is 5. The lowest BCUT2D eigenvalue weighted by Crippen LogP contribution is -2.36. The van der Waals surface area contributed by atoms with Crippen molar-refractivity contribution in [1.82, 2.24) is 29.9 Å². The second-order valence-corrected chi connectivity index (χ2v) is 6.23. The molecule has 3 rings (SSSR count). The van der Waals surface area contributed by atoms with Crippen LogP contribution in [0.3, 0.4) is 0 Å². The molecule has 0 unspecified atom stereocenters. The lowest BCUT2D eigenvalue weighted by Gasteiger charge is -2.19. The SMILES string of the molecule is COC[C@@H](NC(=O)Nc1cccc(-c2nncn2C)c1C)c1ccnn1C. The third kappa shape index (κ3) is 3.98. The van der Waals surface area contributed by atoms with Crippen LogP contribution in [0.4, 0.5) is 10.5 Å². The van der Waals surface area contributed by atoms with Gasteiger partial charge < -0.3 is 19.9 Å². The van der Waals surface area contributed by atoms with Gasteiger partial charge in [-0.1, -0.05) is 12.1 Å². The van der Waals surface area contributed by atoms with Crippen molar-refractivity contribution in [3.63, 3.8) is 0 Å². The predicted octanol–water partition coefficient (Wildman–Crippen LogP) is 2.03. The number of benzene rings is 1. The number of hydrogen-bond acceptors (Lipinski definition) is 5. The molecule has 0 aliphatic heterocycles. The quantitative estimate of drug-likeness (QED) is 0.693. The van der Waals surface area contributed by atoms with Crippen LogP contribution >= 0.6 is 0 Å². The summed E-state index contributed by atoms with van der Waals surface area (Å²) in [5.74, 6) is 0.740. The van der Waals surface area contributed by atoms with Crippen molar-refractivity contribution in [2.45, 2.75) is 13.0 Å². The Hall–Kier alpha value is -3.20. The molecule has 2 aromatic heterocycles. The fourth-order valence-corrected chi connectivity index (χ4v) is 2.95. The van der Waals surface area contributed by atoms with Crippen LogP contribution in [0.5, 0.6) is 0 Å². The summed E-state index contributed by atoms with van der Waals surface area (Å²) >= 11 is 0. The molecule has 2 N–H and O–H groups in total. The van der Waals surface area contributed by atoms with Gasteiger partial charge in [-0.25, -0.2) is 4.79 Å². The summed E-state index contributed by atoms with van der Waals surface area (Å²) < 4.78 is 8.79. The maximum Gasteiger partial charge on any atom is 0.319 e. The number of aryl methyl sites for hydroxylation is 2. The van der Waals surface area contributed by atoms with Crippen molar-refractivity contribution >= 4 is 11.7 Å². The van der Waals surface area contributed by atoms with Crippen molar-refractivity contribution in [3.8, 4) is 11.4 Å². The summed E-state index contributed by atoms with van der Waals surface area (Å²) in [6.07, 6.45) is 3.33. The number of amides is 2. The molecular formula is C18H23N7O2. The molecule has 27 heavy (non-hydrogen) atoms. The van der Waals surface area contributed by atoms with E-state index in [-0.39, 0.29) is 12.1 Å². The van der Waals surface area contributed by atoms with E-state index in [1.807, 2.05) is 49.9 Å². The molecule has 2 heterocycles. The fraction of sp³-hybridized carbons (Fsp3) is 0.333. The number of nitrogens with one attached hydrogen (secondary N) is 2. The average molecular weight is 369 g/mol. The Bertz CT molecular complexity index is 931. The Morgan fingerprint density at radius 1 is 1.30 bits per heavy atom. The number of urea groups is 1. The number of carbonyl (C=O) groups is 1. The van der Waals surface area contributed by atoms with E-state index in [1.54, 1.807) is 24.3 Å². The first-order chi connectivity index (χ1) is 13.0. The molecule has 9 heteroatoms. The summed E-state index contributed by atoms with van der Waals surface area (Å²) in [6.45, 7) is 2.28. The molecule has 0 radical (unpaired) electrons. The van der Waals surface area contributed by atoms with Gasteiger partial charge in [-0.05, 0) is 24.6 Å². The second-order valence-electron chi connectivity index (χ2n) is 6.23. The Balaban J connectivity index is 1.78. The van der Waals surface area contributed by atoms with Crippen LogP contribution in [0.25, 0.3) is 11.4 Å². The number of rotatable bonds is 6. The smallest absolute Gasteiger partial charge is 0.319 e. The first kappa shape index (κ1) is 18.6. The molecule has 142 valence electrons.